The zero-order valence-electron chi connectivity index (χ0n) is 17.7. The molecule has 0 radical (unpaired) electrons. The molecular weight excluding hydrogens is 418 g/mol. The average molecular weight is 442 g/mol. The van der Waals surface area contributed by atoms with Crippen molar-refractivity contribution in [3.8, 4) is 11.8 Å². The Morgan fingerprint density at radius 2 is 1.56 bits per heavy atom. The lowest BCUT2D eigenvalue weighted by atomic mass is 10.0. The van der Waals surface area contributed by atoms with E-state index in [1.54, 1.807) is 0 Å². The summed E-state index contributed by atoms with van der Waals surface area (Å²) in [7, 11) is 0. The average Bonchev–Trinajstić information content (AvgIpc) is 3.22. The Balaban J connectivity index is 1.38. The van der Waals surface area contributed by atoms with Crippen molar-refractivity contribution in [2.75, 3.05) is 29.6 Å². The van der Waals surface area contributed by atoms with Gasteiger partial charge in [0.25, 0.3) is 5.91 Å². The number of nitrogens with zero attached hydrogens (tertiary/aromatic N) is 2. The van der Waals surface area contributed by atoms with Crippen LogP contribution >= 0.6 is 11.6 Å². The molecule has 0 saturated carbocycles. The summed E-state index contributed by atoms with van der Waals surface area (Å²) < 4.78 is 0. The van der Waals surface area contributed by atoms with E-state index in [2.05, 4.69) is 22.1 Å². The topological polar surface area (TPSA) is 35.6 Å². The quantitative estimate of drug-likeness (QED) is 0.573. The maximum atomic E-state index is 13.4. The number of carbonyl (C=O) groups is 1. The van der Waals surface area contributed by atoms with Gasteiger partial charge in [-0.25, -0.2) is 0 Å². The van der Waals surface area contributed by atoms with Crippen LogP contribution in [0.3, 0.4) is 0 Å². The summed E-state index contributed by atoms with van der Waals surface area (Å²) in [5, 5.41) is 4.11. The van der Waals surface area contributed by atoms with Crippen LogP contribution in [0, 0.1) is 11.8 Å². The lowest BCUT2D eigenvalue weighted by molar-refractivity contribution is 0.0988. The maximum Gasteiger partial charge on any atom is 0.259 e. The second-order valence-corrected chi connectivity index (χ2v) is 8.59. The Morgan fingerprint density at radius 3 is 2.28 bits per heavy atom. The molecule has 32 heavy (non-hydrogen) atoms. The van der Waals surface area contributed by atoms with Crippen molar-refractivity contribution >= 4 is 28.9 Å². The predicted molar refractivity (Wildman–Crippen MR) is 130 cm³/mol. The van der Waals surface area contributed by atoms with Crippen LogP contribution in [0.5, 0.6) is 0 Å². The molecule has 0 aromatic heterocycles. The molecule has 0 spiro atoms. The molecular formula is C27H24ClN3O. The number of halogens is 1. The van der Waals surface area contributed by atoms with E-state index in [0.717, 1.165) is 48.4 Å². The Hall–Kier alpha value is -3.26. The highest BCUT2D eigenvalue weighted by Gasteiger charge is 2.35. The van der Waals surface area contributed by atoms with Crippen molar-refractivity contribution < 1.29 is 4.79 Å². The number of piperidine rings is 1. The third kappa shape index (κ3) is 4.23. The molecule has 160 valence electrons. The third-order valence-corrected chi connectivity index (χ3v) is 6.32. The Kier molecular flexibility index (Phi) is 5.85. The van der Waals surface area contributed by atoms with E-state index < -0.39 is 0 Å². The second-order valence-electron chi connectivity index (χ2n) is 8.15. The highest BCUT2D eigenvalue weighted by atomic mass is 35.5. The van der Waals surface area contributed by atoms with Crippen LogP contribution in [-0.2, 0) is 0 Å². The predicted octanol–water partition coefficient (Wildman–Crippen LogP) is 4.92. The minimum Gasteiger partial charge on any atom is -0.349 e. The molecule has 1 amide bonds. The summed E-state index contributed by atoms with van der Waals surface area (Å²) in [6, 6.07) is 23.6. The van der Waals surface area contributed by atoms with Crippen LogP contribution in [0.2, 0.25) is 5.02 Å². The summed E-state index contributed by atoms with van der Waals surface area (Å²) in [5.41, 5.74) is 4.48. The van der Waals surface area contributed by atoms with E-state index in [9.17, 15) is 4.79 Å². The van der Waals surface area contributed by atoms with Crippen LogP contribution in [0.4, 0.5) is 11.4 Å². The number of anilines is 2. The number of fused-ring (bicyclic) bond motifs is 1. The third-order valence-electron chi connectivity index (χ3n) is 6.08. The SMILES string of the molecule is O=C(c1ccc(C#Cc2ccccc2)cc1)N1CN(C2CCNCC2)c2cc(Cl)ccc21. The second kappa shape index (κ2) is 9.08. The number of nitrogens with one attached hydrogen (secondary N) is 1. The highest BCUT2D eigenvalue weighted by molar-refractivity contribution is 6.31. The van der Waals surface area contributed by atoms with E-state index in [1.807, 2.05) is 77.7 Å². The van der Waals surface area contributed by atoms with E-state index in [4.69, 9.17) is 11.6 Å². The zero-order valence-corrected chi connectivity index (χ0v) is 18.5. The minimum atomic E-state index is -0.00687. The molecule has 0 bridgehead atoms. The van der Waals surface area contributed by atoms with Crippen molar-refractivity contribution in [2.24, 2.45) is 0 Å². The van der Waals surface area contributed by atoms with Gasteiger partial charge in [-0.15, -0.1) is 0 Å². The lowest BCUT2D eigenvalue weighted by Crippen LogP contribution is -2.45. The van der Waals surface area contributed by atoms with Crippen molar-refractivity contribution in [3.63, 3.8) is 0 Å². The fourth-order valence-electron chi connectivity index (χ4n) is 4.38. The van der Waals surface area contributed by atoms with Gasteiger partial charge in [-0.3, -0.25) is 9.69 Å². The molecule has 0 unspecified atom stereocenters. The van der Waals surface area contributed by atoms with Gasteiger partial charge in [-0.05, 0) is 80.5 Å². The molecule has 0 atom stereocenters. The van der Waals surface area contributed by atoms with Crippen LogP contribution in [0.1, 0.15) is 34.3 Å². The Morgan fingerprint density at radius 1 is 0.875 bits per heavy atom. The molecule has 5 rings (SSSR count). The lowest BCUT2D eigenvalue weighted by Gasteiger charge is -2.33. The van der Waals surface area contributed by atoms with Gasteiger partial charge in [0.2, 0.25) is 0 Å². The first-order chi connectivity index (χ1) is 15.7. The molecule has 2 aliphatic heterocycles. The van der Waals surface area contributed by atoms with Crippen molar-refractivity contribution in [3.05, 3.63) is 94.5 Å². The van der Waals surface area contributed by atoms with Crippen molar-refractivity contribution in [2.45, 2.75) is 18.9 Å². The molecule has 0 aliphatic carbocycles. The standard InChI is InChI=1S/C27H24ClN3O/c28-23-12-13-25-26(18-23)30(24-14-16-29-17-15-24)19-31(25)27(32)22-10-8-21(9-11-22)7-6-20-4-2-1-3-5-20/h1-5,8-13,18,24,29H,14-17,19H2. The summed E-state index contributed by atoms with van der Waals surface area (Å²) in [6.45, 7) is 2.54. The van der Waals surface area contributed by atoms with Gasteiger partial charge in [0.15, 0.2) is 0 Å². The van der Waals surface area contributed by atoms with Crippen molar-refractivity contribution in [1.82, 2.24) is 5.32 Å². The number of amides is 1. The molecule has 1 saturated heterocycles. The van der Waals surface area contributed by atoms with Crippen LogP contribution in [-0.4, -0.2) is 31.7 Å². The first kappa shape index (κ1) is 20.6. The van der Waals surface area contributed by atoms with E-state index >= 15 is 0 Å². The minimum absolute atomic E-state index is 0.00687. The van der Waals surface area contributed by atoms with E-state index in [0.29, 0.717) is 23.3 Å². The molecule has 5 heteroatoms. The fourth-order valence-corrected chi connectivity index (χ4v) is 4.55. The Bertz CT molecular complexity index is 1180. The van der Waals surface area contributed by atoms with Gasteiger partial charge >= 0.3 is 0 Å². The van der Waals surface area contributed by atoms with E-state index in [-0.39, 0.29) is 5.91 Å². The van der Waals surface area contributed by atoms with Gasteiger partial charge in [-0.1, -0.05) is 41.6 Å². The number of benzene rings is 3. The molecule has 2 heterocycles. The molecule has 3 aromatic rings. The summed E-state index contributed by atoms with van der Waals surface area (Å²) in [4.78, 5) is 17.6. The normalized spacial score (nSPS) is 15.8. The Labute approximate surface area is 193 Å². The molecule has 1 N–H and O–H groups in total. The number of hydrogen-bond donors (Lipinski definition) is 1. The van der Waals surface area contributed by atoms with Crippen LogP contribution in [0.25, 0.3) is 0 Å². The van der Waals surface area contributed by atoms with E-state index in [1.165, 1.54) is 0 Å². The van der Waals surface area contributed by atoms with Gasteiger partial charge in [0.05, 0.1) is 18.0 Å². The van der Waals surface area contributed by atoms with Gasteiger partial charge in [0.1, 0.15) is 0 Å². The first-order valence-electron chi connectivity index (χ1n) is 10.9. The van der Waals surface area contributed by atoms with Gasteiger partial charge < -0.3 is 10.2 Å². The molecule has 2 aliphatic rings. The van der Waals surface area contributed by atoms with Crippen LogP contribution < -0.4 is 15.1 Å². The summed E-state index contributed by atoms with van der Waals surface area (Å²) >= 11 is 6.31. The monoisotopic (exact) mass is 441 g/mol. The zero-order chi connectivity index (χ0) is 21.9. The van der Waals surface area contributed by atoms with Gasteiger partial charge in [0, 0.05) is 27.8 Å². The molecule has 1 fully saturated rings. The largest absolute Gasteiger partial charge is 0.349 e. The first-order valence-corrected chi connectivity index (χ1v) is 11.3. The smallest absolute Gasteiger partial charge is 0.259 e. The summed E-state index contributed by atoms with van der Waals surface area (Å²) in [6.07, 6.45) is 2.12. The van der Waals surface area contributed by atoms with Crippen molar-refractivity contribution in [1.29, 1.82) is 0 Å². The van der Waals surface area contributed by atoms with Gasteiger partial charge in [-0.2, -0.15) is 0 Å². The fraction of sp³-hybridized carbons (Fsp3) is 0.222. The number of carbonyl (C=O) groups excluding carboxylic acids is 1. The van der Waals surface area contributed by atoms with Crippen LogP contribution in [0.15, 0.2) is 72.8 Å². The molecule has 4 nitrogen and oxygen atoms in total. The summed E-state index contributed by atoms with van der Waals surface area (Å²) in [5.74, 6) is 6.31. The molecule has 3 aromatic carbocycles. The highest BCUT2D eigenvalue weighted by Crippen LogP contribution is 2.40. The number of rotatable bonds is 2. The maximum absolute atomic E-state index is 13.4. The number of hydrogen-bond acceptors (Lipinski definition) is 3.